The molecular weight excluding hydrogens is 527 g/mol. The highest BCUT2D eigenvalue weighted by Gasteiger charge is 2.39. The van der Waals surface area contributed by atoms with Crippen LogP contribution >= 0.6 is 0 Å². The van der Waals surface area contributed by atoms with Gasteiger partial charge in [-0.1, -0.05) is 30.3 Å². The van der Waals surface area contributed by atoms with E-state index < -0.39 is 35.8 Å². The maximum Gasteiger partial charge on any atom is 0.243 e. The zero-order valence-corrected chi connectivity index (χ0v) is 23.5. The van der Waals surface area contributed by atoms with Crippen molar-refractivity contribution < 1.29 is 23.5 Å². The van der Waals surface area contributed by atoms with Gasteiger partial charge in [0.15, 0.2) is 0 Å². The molecule has 2 aromatic rings. The molecule has 1 aliphatic heterocycles. The number of aryl methyl sites for hydroxylation is 1. The van der Waals surface area contributed by atoms with Crippen LogP contribution in [0.2, 0.25) is 0 Å². The van der Waals surface area contributed by atoms with Crippen LogP contribution in [0.1, 0.15) is 42.9 Å². The molecule has 0 aromatic heterocycles. The molecule has 1 heterocycles. The van der Waals surface area contributed by atoms with Crippen molar-refractivity contribution in [3.63, 3.8) is 0 Å². The predicted molar refractivity (Wildman–Crippen MR) is 153 cm³/mol. The number of ether oxygens (including phenoxy) is 1. The molecule has 3 atom stereocenters. The van der Waals surface area contributed by atoms with Crippen LogP contribution in [0.25, 0.3) is 0 Å². The summed E-state index contributed by atoms with van der Waals surface area (Å²) in [5, 5.41) is 16.9. The summed E-state index contributed by atoms with van der Waals surface area (Å²) in [6.45, 7) is 2.56. The van der Waals surface area contributed by atoms with E-state index in [2.05, 4.69) is 16.0 Å². The van der Waals surface area contributed by atoms with Crippen molar-refractivity contribution in [2.24, 2.45) is 11.7 Å². The normalized spacial score (nSPS) is 23.3. The monoisotopic (exact) mass is 566 g/mol. The molecule has 0 radical (unpaired) electrons. The van der Waals surface area contributed by atoms with Crippen molar-refractivity contribution >= 4 is 23.6 Å². The summed E-state index contributed by atoms with van der Waals surface area (Å²) in [5.74, 6) is -1.02. The summed E-state index contributed by atoms with van der Waals surface area (Å²) >= 11 is 0. The second-order valence-electron chi connectivity index (χ2n) is 10.7. The molecule has 0 spiro atoms. The maximum atomic E-state index is 14.0. The zero-order chi connectivity index (χ0) is 29.5. The number of halogens is 1. The zero-order valence-electron chi connectivity index (χ0n) is 23.5. The van der Waals surface area contributed by atoms with E-state index in [1.165, 1.54) is 17.0 Å². The molecule has 10 nitrogen and oxygen atoms in total. The van der Waals surface area contributed by atoms with Crippen LogP contribution in [-0.2, 0) is 27.2 Å². The minimum absolute atomic E-state index is 0.111. The molecule has 4 rings (SSSR count). The predicted octanol–water partition coefficient (Wildman–Crippen LogP) is 1.49. The third-order valence-electron chi connectivity index (χ3n) is 7.71. The molecule has 1 saturated carbocycles. The molecular formula is C30H39FN6O4. The first-order valence-corrected chi connectivity index (χ1v) is 14.1. The number of amidine groups is 1. The van der Waals surface area contributed by atoms with Crippen LogP contribution in [0.4, 0.5) is 4.39 Å². The Morgan fingerprint density at radius 1 is 1.12 bits per heavy atom. The first-order valence-electron chi connectivity index (χ1n) is 14.1. The fourth-order valence-corrected chi connectivity index (χ4v) is 5.01. The van der Waals surface area contributed by atoms with E-state index in [1.807, 2.05) is 0 Å². The minimum atomic E-state index is -0.963. The number of benzene rings is 2. The van der Waals surface area contributed by atoms with Crippen molar-refractivity contribution in [2.75, 3.05) is 26.7 Å². The van der Waals surface area contributed by atoms with E-state index in [0.717, 1.165) is 18.4 Å². The molecule has 11 heteroatoms. The van der Waals surface area contributed by atoms with Crippen molar-refractivity contribution in [2.45, 2.75) is 57.2 Å². The Morgan fingerprint density at radius 2 is 1.88 bits per heavy atom. The Balaban J connectivity index is 1.59. The summed E-state index contributed by atoms with van der Waals surface area (Å²) in [5.41, 5.74) is 7.70. The molecule has 6 N–H and O–H groups in total. The smallest absolute Gasteiger partial charge is 0.243 e. The average molecular weight is 567 g/mol. The topological polar surface area (TPSA) is 150 Å². The van der Waals surface area contributed by atoms with E-state index in [1.54, 1.807) is 44.3 Å². The van der Waals surface area contributed by atoms with Gasteiger partial charge in [-0.15, -0.1) is 0 Å². The number of carbonyl (C=O) groups excluding carboxylic acids is 3. The third kappa shape index (κ3) is 7.81. The molecule has 0 bridgehead atoms. The van der Waals surface area contributed by atoms with Gasteiger partial charge in [-0.05, 0) is 55.7 Å². The van der Waals surface area contributed by atoms with Crippen LogP contribution in [0.5, 0.6) is 5.75 Å². The highest BCUT2D eigenvalue weighted by molar-refractivity contribution is 5.97. The SMILES string of the molecule is C[C@@H]1C(=O)N[C@H](Cc2ccccc2C(=N)N)C(=O)NCCCc2ccc(F)cc2OCCN[C@@H](C2CC2)C(=O)N1C. The largest absolute Gasteiger partial charge is 0.492 e. The standard InChI is InChI=1S/C30H39FN6O4/c1-18-28(38)36-24(16-21-6-3-4-8-23(21)27(32)33)29(39)35-13-5-7-19-11-12-22(31)17-25(19)41-15-14-34-26(20-9-10-20)30(40)37(18)2/h3-4,6,8,11-12,17-18,20,24,26,34H,5,7,9-10,13-16H2,1-2H3,(H3,32,33)(H,35,39)(H,36,38)/t18-,24-,26+/m1/s1. The molecule has 2 aliphatic rings. The van der Waals surface area contributed by atoms with Crippen LogP contribution < -0.4 is 26.4 Å². The minimum Gasteiger partial charge on any atom is -0.492 e. The van der Waals surface area contributed by atoms with Gasteiger partial charge in [0.25, 0.3) is 0 Å². The number of nitrogens with two attached hydrogens (primary N) is 1. The number of rotatable bonds is 4. The first-order chi connectivity index (χ1) is 19.7. The lowest BCUT2D eigenvalue weighted by molar-refractivity contribution is -0.141. The third-order valence-corrected chi connectivity index (χ3v) is 7.71. The Morgan fingerprint density at radius 3 is 2.61 bits per heavy atom. The van der Waals surface area contributed by atoms with E-state index >= 15 is 0 Å². The molecule has 0 unspecified atom stereocenters. The average Bonchev–Trinajstić information content (AvgIpc) is 3.79. The number of nitrogens with zero attached hydrogens (tertiary/aromatic N) is 1. The lowest BCUT2D eigenvalue weighted by Crippen LogP contribution is -2.57. The quantitative estimate of drug-likeness (QED) is 0.280. The lowest BCUT2D eigenvalue weighted by Gasteiger charge is -2.30. The summed E-state index contributed by atoms with van der Waals surface area (Å²) < 4.78 is 19.9. The summed E-state index contributed by atoms with van der Waals surface area (Å²) in [6, 6.07) is 9.12. The molecule has 220 valence electrons. The number of hydrogen-bond acceptors (Lipinski definition) is 6. The van der Waals surface area contributed by atoms with Gasteiger partial charge in [0.1, 0.15) is 36.1 Å². The van der Waals surface area contributed by atoms with Gasteiger partial charge in [0.05, 0.1) is 6.04 Å². The Bertz CT molecular complexity index is 1280. The van der Waals surface area contributed by atoms with Gasteiger partial charge < -0.3 is 31.3 Å². The molecule has 41 heavy (non-hydrogen) atoms. The van der Waals surface area contributed by atoms with E-state index in [4.69, 9.17) is 15.9 Å². The van der Waals surface area contributed by atoms with E-state index in [-0.39, 0.29) is 30.7 Å². The van der Waals surface area contributed by atoms with E-state index in [0.29, 0.717) is 42.8 Å². The van der Waals surface area contributed by atoms with Crippen molar-refractivity contribution in [3.05, 3.63) is 65.0 Å². The fourth-order valence-electron chi connectivity index (χ4n) is 5.01. The highest BCUT2D eigenvalue weighted by atomic mass is 19.1. The Kier molecular flexibility index (Phi) is 9.93. The number of nitrogens with one attached hydrogen (secondary N) is 4. The van der Waals surface area contributed by atoms with Gasteiger partial charge in [0, 0.05) is 38.2 Å². The van der Waals surface area contributed by atoms with Gasteiger partial charge in [0.2, 0.25) is 17.7 Å². The van der Waals surface area contributed by atoms with Gasteiger partial charge in [-0.25, -0.2) is 4.39 Å². The second kappa shape index (κ2) is 13.6. The first kappa shape index (κ1) is 30.0. The summed E-state index contributed by atoms with van der Waals surface area (Å²) in [4.78, 5) is 41.6. The number of carbonyl (C=O) groups is 3. The molecule has 1 fully saturated rings. The summed E-state index contributed by atoms with van der Waals surface area (Å²) in [7, 11) is 1.58. The molecule has 1 aliphatic carbocycles. The number of likely N-dealkylation sites (N-methyl/N-ethyl adjacent to an activating group) is 1. The summed E-state index contributed by atoms with van der Waals surface area (Å²) in [6.07, 6.45) is 3.03. The number of fused-ring (bicyclic) bond motifs is 1. The van der Waals surface area contributed by atoms with Crippen LogP contribution in [0.3, 0.4) is 0 Å². The van der Waals surface area contributed by atoms with Crippen LogP contribution in [0, 0.1) is 17.1 Å². The number of amides is 3. The number of nitrogen functional groups attached to an aromatic ring is 1. The van der Waals surface area contributed by atoms with Crippen LogP contribution in [0.15, 0.2) is 42.5 Å². The van der Waals surface area contributed by atoms with Crippen molar-refractivity contribution in [3.8, 4) is 5.75 Å². The maximum absolute atomic E-state index is 14.0. The van der Waals surface area contributed by atoms with Crippen molar-refractivity contribution in [1.82, 2.24) is 20.9 Å². The molecule has 0 saturated heterocycles. The number of hydrogen-bond donors (Lipinski definition) is 5. The van der Waals surface area contributed by atoms with Crippen molar-refractivity contribution in [1.29, 1.82) is 5.41 Å². The van der Waals surface area contributed by atoms with Gasteiger partial charge >= 0.3 is 0 Å². The Hall–Kier alpha value is -3.99. The van der Waals surface area contributed by atoms with E-state index in [9.17, 15) is 18.8 Å². The fraction of sp³-hybridized carbons (Fsp3) is 0.467. The second-order valence-corrected chi connectivity index (χ2v) is 10.7. The van der Waals surface area contributed by atoms with Gasteiger partial charge in [-0.3, -0.25) is 19.8 Å². The molecule has 3 amide bonds. The Labute approximate surface area is 239 Å². The highest BCUT2D eigenvalue weighted by Crippen LogP contribution is 2.33. The van der Waals surface area contributed by atoms with Crippen LogP contribution in [-0.4, -0.2) is 73.3 Å². The van der Waals surface area contributed by atoms with Gasteiger partial charge in [-0.2, -0.15) is 0 Å². The molecule has 2 aromatic carbocycles. The lowest BCUT2D eigenvalue weighted by atomic mass is 9.98.